The minimum Gasteiger partial charge on any atom is -0.265 e. The van der Waals surface area contributed by atoms with E-state index >= 15 is 0 Å². The molecule has 0 radical (unpaired) electrons. The van der Waals surface area contributed by atoms with Crippen molar-refractivity contribution in [3.63, 3.8) is 0 Å². The van der Waals surface area contributed by atoms with Gasteiger partial charge in [0.15, 0.2) is 0 Å². The van der Waals surface area contributed by atoms with E-state index in [1.807, 2.05) is 36.9 Å². The molecular weight excluding hydrogens is 538 g/mol. The van der Waals surface area contributed by atoms with Crippen LogP contribution in [0.5, 0.6) is 0 Å². The van der Waals surface area contributed by atoms with Crippen molar-refractivity contribution in [3.8, 4) is 33.5 Å². The van der Waals surface area contributed by atoms with Crippen LogP contribution in [-0.2, 0) is 0 Å². The van der Waals surface area contributed by atoms with Crippen LogP contribution in [0.15, 0.2) is 140 Å². The minimum atomic E-state index is 0.893. The zero-order valence-corrected chi connectivity index (χ0v) is 23.5. The van der Waals surface area contributed by atoms with Gasteiger partial charge in [0, 0.05) is 62.8 Å². The van der Waals surface area contributed by atoms with Gasteiger partial charge >= 0.3 is 0 Å². The van der Waals surface area contributed by atoms with Crippen LogP contribution in [0, 0.1) is 0 Å². The molecule has 44 heavy (non-hydrogen) atoms. The fourth-order valence-corrected chi connectivity index (χ4v) is 6.35. The molecule has 0 aliphatic carbocycles. The van der Waals surface area contributed by atoms with E-state index in [-0.39, 0.29) is 0 Å². The van der Waals surface area contributed by atoms with Crippen molar-refractivity contribution in [2.75, 3.05) is 0 Å². The number of hydrogen-bond donors (Lipinski definition) is 0. The Morgan fingerprint density at radius 1 is 0.386 bits per heavy atom. The Kier molecular flexibility index (Phi) is 5.43. The number of hydrogen-bond acceptors (Lipinski definition) is 5. The summed E-state index contributed by atoms with van der Waals surface area (Å²) in [6.07, 6.45) is 7.37. The van der Waals surface area contributed by atoms with E-state index in [2.05, 4.69) is 118 Å². The zero-order chi connectivity index (χ0) is 29.0. The number of fused-ring (bicyclic) bond motifs is 7. The normalized spacial score (nSPS) is 11.6. The highest BCUT2D eigenvalue weighted by molar-refractivity contribution is 6.16. The number of rotatable bonds is 3. The fourth-order valence-electron chi connectivity index (χ4n) is 6.35. The second-order valence-corrected chi connectivity index (χ2v) is 10.9. The van der Waals surface area contributed by atoms with Gasteiger partial charge in [0.2, 0.25) is 0 Å². The molecule has 0 unspecified atom stereocenters. The third kappa shape index (κ3) is 3.83. The van der Waals surface area contributed by atoms with Gasteiger partial charge in [-0.25, -0.2) is 9.97 Å². The van der Waals surface area contributed by atoms with Gasteiger partial charge in [0.1, 0.15) is 0 Å². The highest BCUT2D eigenvalue weighted by atomic mass is 14.8. The molecule has 0 saturated heterocycles. The number of nitrogens with zero attached hydrogens (tertiary/aromatic N) is 5. The Labute approximate surface area is 252 Å². The molecule has 0 aliphatic heterocycles. The number of benzene rings is 4. The molecule has 0 N–H and O–H groups in total. The van der Waals surface area contributed by atoms with Gasteiger partial charge in [-0.2, -0.15) is 0 Å². The smallest absolute Gasteiger partial charge is 0.0978 e. The minimum absolute atomic E-state index is 0.893. The van der Waals surface area contributed by atoms with Gasteiger partial charge < -0.3 is 0 Å². The molecule has 0 bridgehead atoms. The summed E-state index contributed by atoms with van der Waals surface area (Å²) in [6.45, 7) is 0. The third-order valence-corrected chi connectivity index (χ3v) is 8.45. The van der Waals surface area contributed by atoms with Crippen molar-refractivity contribution in [1.82, 2.24) is 24.9 Å². The summed E-state index contributed by atoms with van der Waals surface area (Å²) in [7, 11) is 0. The number of pyridine rings is 5. The van der Waals surface area contributed by atoms with Crippen LogP contribution in [0.1, 0.15) is 0 Å². The molecule has 0 spiro atoms. The summed E-state index contributed by atoms with van der Waals surface area (Å²) in [4.78, 5) is 23.9. The molecule has 0 saturated carbocycles. The monoisotopic (exact) mass is 561 g/mol. The summed E-state index contributed by atoms with van der Waals surface area (Å²) < 4.78 is 0. The van der Waals surface area contributed by atoms with Crippen molar-refractivity contribution < 1.29 is 0 Å². The molecule has 0 atom stereocenters. The third-order valence-electron chi connectivity index (χ3n) is 8.45. The quantitative estimate of drug-likeness (QED) is 0.159. The van der Waals surface area contributed by atoms with Gasteiger partial charge in [-0.05, 0) is 53.1 Å². The number of aromatic nitrogens is 5. The summed E-state index contributed by atoms with van der Waals surface area (Å²) in [5.41, 5.74) is 11.1. The Morgan fingerprint density at radius 3 is 2.02 bits per heavy atom. The average molecular weight is 562 g/mol. The van der Waals surface area contributed by atoms with Crippen LogP contribution < -0.4 is 0 Å². The molecule has 0 fully saturated rings. The Morgan fingerprint density at radius 2 is 1.14 bits per heavy atom. The second-order valence-electron chi connectivity index (χ2n) is 10.9. The predicted octanol–water partition coefficient (Wildman–Crippen LogP) is 9.43. The van der Waals surface area contributed by atoms with Crippen LogP contribution in [0.4, 0.5) is 0 Å². The maximum Gasteiger partial charge on any atom is 0.0978 e. The lowest BCUT2D eigenvalue weighted by atomic mass is 9.95. The van der Waals surface area contributed by atoms with E-state index < -0.39 is 0 Å². The predicted molar refractivity (Wildman–Crippen MR) is 179 cm³/mol. The Hall–Kier alpha value is -6.07. The lowest BCUT2D eigenvalue weighted by Crippen LogP contribution is -1.93. The van der Waals surface area contributed by atoms with E-state index in [9.17, 15) is 0 Å². The highest BCUT2D eigenvalue weighted by Crippen LogP contribution is 2.38. The first-order valence-corrected chi connectivity index (χ1v) is 14.6. The van der Waals surface area contributed by atoms with Gasteiger partial charge in [-0.1, -0.05) is 78.9 Å². The van der Waals surface area contributed by atoms with Crippen molar-refractivity contribution in [1.29, 1.82) is 0 Å². The van der Waals surface area contributed by atoms with Gasteiger partial charge in [0.25, 0.3) is 0 Å². The largest absolute Gasteiger partial charge is 0.265 e. The zero-order valence-electron chi connectivity index (χ0n) is 23.5. The van der Waals surface area contributed by atoms with Gasteiger partial charge in [0.05, 0.1) is 33.3 Å². The molecule has 4 aromatic carbocycles. The second kappa shape index (κ2) is 9.75. The molecular formula is C39H23N5. The van der Waals surface area contributed by atoms with Crippen molar-refractivity contribution in [2.24, 2.45) is 0 Å². The van der Waals surface area contributed by atoms with Crippen LogP contribution >= 0.6 is 0 Å². The van der Waals surface area contributed by atoms with Gasteiger partial charge in [-0.15, -0.1) is 0 Å². The molecule has 5 aromatic heterocycles. The highest BCUT2D eigenvalue weighted by Gasteiger charge is 2.15. The summed E-state index contributed by atoms with van der Waals surface area (Å²) in [5, 5.41) is 5.43. The van der Waals surface area contributed by atoms with Crippen LogP contribution in [0.2, 0.25) is 0 Å². The molecule has 204 valence electrons. The summed E-state index contributed by atoms with van der Waals surface area (Å²) >= 11 is 0. The number of para-hydroxylation sites is 1. The first-order valence-electron chi connectivity index (χ1n) is 14.6. The van der Waals surface area contributed by atoms with E-state index in [4.69, 9.17) is 9.97 Å². The topological polar surface area (TPSA) is 64.5 Å². The molecule has 9 aromatic rings. The Balaban J connectivity index is 1.19. The van der Waals surface area contributed by atoms with Crippen LogP contribution in [-0.4, -0.2) is 24.9 Å². The molecule has 5 nitrogen and oxygen atoms in total. The average Bonchev–Trinajstić information content (AvgIpc) is 3.10. The molecule has 0 amide bonds. The maximum absolute atomic E-state index is 5.21. The molecule has 5 heterocycles. The van der Waals surface area contributed by atoms with E-state index in [1.165, 1.54) is 0 Å². The van der Waals surface area contributed by atoms with Gasteiger partial charge in [-0.3, -0.25) is 15.0 Å². The van der Waals surface area contributed by atoms with Crippen LogP contribution in [0.3, 0.4) is 0 Å². The van der Waals surface area contributed by atoms with Crippen molar-refractivity contribution >= 4 is 54.5 Å². The fraction of sp³-hybridized carbons (Fsp3) is 0. The van der Waals surface area contributed by atoms with Crippen molar-refractivity contribution in [2.45, 2.75) is 0 Å². The lowest BCUT2D eigenvalue weighted by Gasteiger charge is -2.13. The lowest BCUT2D eigenvalue weighted by molar-refractivity contribution is 1.33. The molecule has 5 heteroatoms. The van der Waals surface area contributed by atoms with Crippen molar-refractivity contribution in [3.05, 3.63) is 140 Å². The SMILES string of the molecule is c1cnc2c(c1)ccc1c(-c3ccc(-c4ccc5ccc6c(-c7ccncc7)c7ccccc7nc6c5n4)cc3)ccnc12. The standard InChI is InChI=1S/C39H23N5/c1-2-6-34-31(5-1)35(26-17-21-40-22-18-26)32-15-12-28-13-16-33(43-37(28)39(32)44-34)25-9-7-24(8-10-25)29-19-23-42-38-30(29)14-11-27-4-3-20-41-36(27)38/h1-23H. The molecule has 0 aliphatic rings. The molecule has 9 rings (SSSR count). The first kappa shape index (κ1) is 24.5. The summed E-state index contributed by atoms with van der Waals surface area (Å²) in [5.74, 6) is 0. The van der Waals surface area contributed by atoms with E-state index in [0.717, 1.165) is 88.0 Å². The first-order chi connectivity index (χ1) is 21.8. The van der Waals surface area contributed by atoms with E-state index in [0.29, 0.717) is 0 Å². The summed E-state index contributed by atoms with van der Waals surface area (Å²) in [6, 6.07) is 39.9. The maximum atomic E-state index is 5.21. The van der Waals surface area contributed by atoms with E-state index in [1.54, 1.807) is 0 Å². The Bertz CT molecular complexity index is 2540. The van der Waals surface area contributed by atoms with Crippen LogP contribution in [0.25, 0.3) is 88.0 Å².